The molecule has 5 atom stereocenters. The molecule has 0 bridgehead atoms. The fraction of sp³-hybridized carbons (Fsp3) is 1.00. The van der Waals surface area contributed by atoms with Crippen LogP contribution in [0.25, 0.3) is 0 Å². The maximum Gasteiger partial charge on any atom is 0.0996 e. The molecule has 0 aromatic carbocycles. The van der Waals surface area contributed by atoms with Crippen molar-refractivity contribution >= 4 is 0 Å². The van der Waals surface area contributed by atoms with Crippen LogP contribution in [0.3, 0.4) is 0 Å². The molecule has 2 heterocycles. The molecule has 0 N–H and O–H groups in total. The summed E-state index contributed by atoms with van der Waals surface area (Å²) in [6.45, 7) is 2.23. The maximum absolute atomic E-state index is 6.35. The van der Waals surface area contributed by atoms with E-state index in [0.29, 0.717) is 6.10 Å². The molecule has 4 aliphatic rings. The van der Waals surface area contributed by atoms with E-state index in [4.69, 9.17) is 4.74 Å². The number of hydrogen-bond acceptors (Lipinski definition) is 2. The number of fused-ring (bicyclic) bond motifs is 5. The lowest BCUT2D eigenvalue weighted by molar-refractivity contribution is -0.189. The highest BCUT2D eigenvalue weighted by Gasteiger charge is 2.48. The average molecular weight is 249 g/mol. The van der Waals surface area contributed by atoms with E-state index >= 15 is 0 Å². The first-order valence-electron chi connectivity index (χ1n) is 8.29. The Balaban J connectivity index is 1.54. The first-order valence-corrected chi connectivity index (χ1v) is 8.29. The van der Waals surface area contributed by atoms with E-state index in [1.165, 1.54) is 64.3 Å². The minimum atomic E-state index is 0.628. The third-order valence-corrected chi connectivity index (χ3v) is 6.27. The van der Waals surface area contributed by atoms with Gasteiger partial charge in [0.15, 0.2) is 0 Å². The number of nitrogens with zero attached hydrogens (tertiary/aromatic N) is 1. The first kappa shape index (κ1) is 11.7. The van der Waals surface area contributed by atoms with Gasteiger partial charge in [0.2, 0.25) is 0 Å². The summed E-state index contributed by atoms with van der Waals surface area (Å²) in [7, 11) is 0. The van der Waals surface area contributed by atoms with Crippen molar-refractivity contribution in [2.45, 2.75) is 69.9 Å². The van der Waals surface area contributed by atoms with Crippen molar-refractivity contribution in [3.8, 4) is 0 Å². The lowest BCUT2D eigenvalue weighted by atomic mass is 9.63. The van der Waals surface area contributed by atoms with Gasteiger partial charge in [-0.05, 0) is 43.9 Å². The Morgan fingerprint density at radius 2 is 1.67 bits per heavy atom. The third-order valence-electron chi connectivity index (χ3n) is 6.27. The highest BCUT2D eigenvalue weighted by molar-refractivity contribution is 4.98. The zero-order valence-corrected chi connectivity index (χ0v) is 11.5. The number of piperidine rings is 1. The largest absolute Gasteiger partial charge is 0.362 e. The van der Waals surface area contributed by atoms with Gasteiger partial charge in [0.1, 0.15) is 0 Å². The summed E-state index contributed by atoms with van der Waals surface area (Å²) < 4.78 is 6.35. The van der Waals surface area contributed by atoms with Crippen LogP contribution >= 0.6 is 0 Å². The minimum Gasteiger partial charge on any atom is -0.362 e. The van der Waals surface area contributed by atoms with Gasteiger partial charge in [0.25, 0.3) is 0 Å². The molecule has 2 nitrogen and oxygen atoms in total. The second-order valence-corrected chi connectivity index (χ2v) is 7.09. The van der Waals surface area contributed by atoms with E-state index in [1.54, 1.807) is 0 Å². The lowest BCUT2D eigenvalue weighted by Gasteiger charge is -2.54. The predicted molar refractivity (Wildman–Crippen MR) is 72.3 cm³/mol. The SMILES string of the molecule is C1CCC2C(C1)CCC1C2OCN2CCCCC12. The molecule has 102 valence electrons. The Labute approximate surface area is 111 Å². The summed E-state index contributed by atoms with van der Waals surface area (Å²) in [6.07, 6.45) is 13.8. The molecule has 0 aromatic rings. The molecule has 18 heavy (non-hydrogen) atoms. The van der Waals surface area contributed by atoms with Gasteiger partial charge < -0.3 is 4.74 Å². The van der Waals surface area contributed by atoms with Crippen molar-refractivity contribution in [3.63, 3.8) is 0 Å². The van der Waals surface area contributed by atoms with E-state index in [9.17, 15) is 0 Å². The van der Waals surface area contributed by atoms with Crippen LogP contribution in [0.15, 0.2) is 0 Å². The summed E-state index contributed by atoms with van der Waals surface area (Å²) >= 11 is 0. The lowest BCUT2D eigenvalue weighted by Crippen LogP contribution is -2.58. The number of ether oxygens (including phenoxy) is 1. The second-order valence-electron chi connectivity index (χ2n) is 7.09. The van der Waals surface area contributed by atoms with Gasteiger partial charge in [0, 0.05) is 18.5 Å². The standard InChI is InChI=1S/C16H27NO/c1-2-6-13-12(5-1)8-9-14-15-7-3-4-10-17(15)11-18-16(13)14/h12-16H,1-11H2. The van der Waals surface area contributed by atoms with Crippen LogP contribution in [0.5, 0.6) is 0 Å². The van der Waals surface area contributed by atoms with Crippen LogP contribution in [-0.2, 0) is 4.74 Å². The molecule has 0 radical (unpaired) electrons. The minimum absolute atomic E-state index is 0.628. The van der Waals surface area contributed by atoms with Gasteiger partial charge >= 0.3 is 0 Å². The van der Waals surface area contributed by atoms with Gasteiger partial charge in [-0.1, -0.05) is 25.7 Å². The Bertz CT molecular complexity index is 275. The van der Waals surface area contributed by atoms with E-state index in [2.05, 4.69) is 4.90 Å². The Kier molecular flexibility index (Phi) is 3.12. The fourth-order valence-electron chi connectivity index (χ4n) is 5.42. The summed E-state index contributed by atoms with van der Waals surface area (Å²) in [5, 5.41) is 0. The van der Waals surface area contributed by atoms with Crippen LogP contribution in [-0.4, -0.2) is 30.3 Å². The van der Waals surface area contributed by atoms with E-state index in [0.717, 1.165) is 30.5 Å². The molecule has 2 saturated heterocycles. The smallest absolute Gasteiger partial charge is 0.0996 e. The van der Waals surface area contributed by atoms with Crippen LogP contribution in [0.1, 0.15) is 57.8 Å². The number of hydrogen-bond donors (Lipinski definition) is 0. The first-order chi connectivity index (χ1) is 8.93. The molecule has 0 amide bonds. The fourth-order valence-corrected chi connectivity index (χ4v) is 5.42. The molecule has 4 fully saturated rings. The second kappa shape index (κ2) is 4.79. The van der Waals surface area contributed by atoms with Crippen LogP contribution in [0, 0.1) is 17.8 Å². The molecule has 5 unspecified atom stereocenters. The zero-order chi connectivity index (χ0) is 11.9. The summed E-state index contributed by atoms with van der Waals surface area (Å²) in [5.74, 6) is 2.80. The van der Waals surface area contributed by atoms with Gasteiger partial charge in [-0.3, -0.25) is 4.90 Å². The topological polar surface area (TPSA) is 12.5 Å². The molecular weight excluding hydrogens is 222 g/mol. The van der Waals surface area contributed by atoms with Crippen LogP contribution < -0.4 is 0 Å². The van der Waals surface area contributed by atoms with Crippen molar-refractivity contribution in [2.24, 2.45) is 17.8 Å². The van der Waals surface area contributed by atoms with E-state index in [-0.39, 0.29) is 0 Å². The van der Waals surface area contributed by atoms with Gasteiger partial charge in [0.05, 0.1) is 12.8 Å². The zero-order valence-electron chi connectivity index (χ0n) is 11.5. The molecule has 2 saturated carbocycles. The van der Waals surface area contributed by atoms with Crippen LogP contribution in [0.4, 0.5) is 0 Å². The Morgan fingerprint density at radius 3 is 2.67 bits per heavy atom. The molecule has 0 spiro atoms. The van der Waals surface area contributed by atoms with Crippen molar-refractivity contribution in [1.82, 2.24) is 4.90 Å². The van der Waals surface area contributed by atoms with Crippen LogP contribution in [0.2, 0.25) is 0 Å². The predicted octanol–water partition coefficient (Wildman–Crippen LogP) is 3.41. The molecule has 2 heteroatoms. The highest BCUT2D eigenvalue weighted by atomic mass is 16.5. The monoisotopic (exact) mass is 249 g/mol. The van der Waals surface area contributed by atoms with Crippen molar-refractivity contribution in [3.05, 3.63) is 0 Å². The highest BCUT2D eigenvalue weighted by Crippen LogP contribution is 2.48. The van der Waals surface area contributed by atoms with Gasteiger partial charge in [-0.2, -0.15) is 0 Å². The van der Waals surface area contributed by atoms with Crippen molar-refractivity contribution in [2.75, 3.05) is 13.3 Å². The Morgan fingerprint density at radius 1 is 0.778 bits per heavy atom. The maximum atomic E-state index is 6.35. The molecule has 4 rings (SSSR count). The molecule has 0 aromatic heterocycles. The number of rotatable bonds is 0. The third kappa shape index (κ3) is 1.84. The summed E-state index contributed by atoms with van der Waals surface area (Å²) in [4.78, 5) is 2.65. The van der Waals surface area contributed by atoms with Gasteiger partial charge in [-0.25, -0.2) is 0 Å². The summed E-state index contributed by atoms with van der Waals surface area (Å²) in [6, 6.07) is 0.875. The van der Waals surface area contributed by atoms with E-state index in [1.807, 2.05) is 0 Å². The Hall–Kier alpha value is -0.0800. The van der Waals surface area contributed by atoms with Gasteiger partial charge in [-0.15, -0.1) is 0 Å². The normalized spacial score (nSPS) is 49.0. The van der Waals surface area contributed by atoms with Crippen molar-refractivity contribution in [1.29, 1.82) is 0 Å². The van der Waals surface area contributed by atoms with Crippen molar-refractivity contribution < 1.29 is 4.74 Å². The van der Waals surface area contributed by atoms with E-state index < -0.39 is 0 Å². The molecule has 2 aliphatic carbocycles. The summed E-state index contributed by atoms with van der Waals surface area (Å²) in [5.41, 5.74) is 0. The molecule has 2 aliphatic heterocycles. The molecular formula is C16H27NO. The quantitative estimate of drug-likeness (QED) is 0.652. The average Bonchev–Trinajstić information content (AvgIpc) is 2.46.